The number of para-hydroxylation sites is 2. The van der Waals surface area contributed by atoms with Crippen molar-refractivity contribution in [3.8, 4) is 11.5 Å². The van der Waals surface area contributed by atoms with Gasteiger partial charge in [0.15, 0.2) is 11.5 Å². The predicted octanol–water partition coefficient (Wildman–Crippen LogP) is 2.75. The molecule has 5 nitrogen and oxygen atoms in total. The minimum atomic E-state index is -0.227. The summed E-state index contributed by atoms with van der Waals surface area (Å²) in [6.07, 6.45) is 1.89. The van der Waals surface area contributed by atoms with Gasteiger partial charge < -0.3 is 14.8 Å². The summed E-state index contributed by atoms with van der Waals surface area (Å²) in [4.78, 5) is 14.4. The third kappa shape index (κ3) is 4.57. The Balaban J connectivity index is 1.28. The molecule has 1 fully saturated rings. The lowest BCUT2D eigenvalue weighted by atomic mass is 10.2. The van der Waals surface area contributed by atoms with E-state index >= 15 is 0 Å². The Bertz CT molecular complexity index is 810. The average molecular weight is 370 g/mol. The lowest BCUT2D eigenvalue weighted by Gasteiger charge is -2.27. The van der Waals surface area contributed by atoms with Crippen LogP contribution in [0.15, 0.2) is 48.5 Å². The lowest BCUT2D eigenvalue weighted by molar-refractivity contribution is -0.123. The Hall–Kier alpha value is -2.60. The Morgan fingerprint density at radius 1 is 1.11 bits per heavy atom. The van der Waals surface area contributed by atoms with Crippen molar-refractivity contribution in [3.05, 3.63) is 59.9 Å². The third-order valence-corrected chi connectivity index (χ3v) is 4.84. The molecule has 1 amide bonds. The summed E-state index contributed by atoms with van der Waals surface area (Å²) in [5, 5.41) is 2.92. The van der Waals surface area contributed by atoms with Gasteiger partial charge in [0.05, 0.1) is 13.1 Å². The molecule has 2 aromatic rings. The smallest absolute Gasteiger partial charge is 0.234 e. The first kappa shape index (κ1) is 17.8. The topological polar surface area (TPSA) is 50.8 Å². The molecule has 1 unspecified atom stereocenters. The lowest BCUT2D eigenvalue weighted by Crippen LogP contribution is -2.44. The molecule has 0 saturated heterocycles. The second-order valence-corrected chi connectivity index (χ2v) is 7.03. The van der Waals surface area contributed by atoms with E-state index in [1.54, 1.807) is 12.1 Å². The van der Waals surface area contributed by atoms with Gasteiger partial charge in [-0.1, -0.05) is 30.3 Å². The molecule has 1 N–H and O–H groups in total. The average Bonchev–Trinajstić information content (AvgIpc) is 3.53. The first-order valence-corrected chi connectivity index (χ1v) is 9.31. The summed E-state index contributed by atoms with van der Waals surface area (Å²) >= 11 is 0. The molecule has 0 spiro atoms. The van der Waals surface area contributed by atoms with Gasteiger partial charge in [-0.15, -0.1) is 0 Å². The van der Waals surface area contributed by atoms with Crippen LogP contribution >= 0.6 is 0 Å². The highest BCUT2D eigenvalue weighted by molar-refractivity contribution is 5.78. The molecule has 2 aromatic carbocycles. The van der Waals surface area contributed by atoms with Gasteiger partial charge in [-0.2, -0.15) is 0 Å². The summed E-state index contributed by atoms with van der Waals surface area (Å²) in [5.41, 5.74) is 0.623. The van der Waals surface area contributed by atoms with E-state index in [-0.39, 0.29) is 24.4 Å². The van der Waals surface area contributed by atoms with E-state index in [1.165, 1.54) is 6.07 Å². The maximum atomic E-state index is 13.9. The van der Waals surface area contributed by atoms with Gasteiger partial charge in [0, 0.05) is 18.2 Å². The molecule has 1 aliphatic heterocycles. The van der Waals surface area contributed by atoms with Crippen LogP contribution in [0.3, 0.4) is 0 Å². The summed E-state index contributed by atoms with van der Waals surface area (Å²) < 4.78 is 25.4. The Kier molecular flexibility index (Phi) is 5.25. The number of benzene rings is 2. The Morgan fingerprint density at radius 3 is 2.63 bits per heavy atom. The van der Waals surface area contributed by atoms with Crippen molar-refractivity contribution >= 4 is 5.91 Å². The molecular weight excluding hydrogens is 347 g/mol. The third-order valence-electron chi connectivity index (χ3n) is 4.84. The van der Waals surface area contributed by atoms with E-state index in [4.69, 9.17) is 9.47 Å². The van der Waals surface area contributed by atoms with Crippen molar-refractivity contribution in [2.24, 2.45) is 0 Å². The van der Waals surface area contributed by atoms with E-state index in [9.17, 15) is 9.18 Å². The van der Waals surface area contributed by atoms with Crippen LogP contribution < -0.4 is 14.8 Å². The van der Waals surface area contributed by atoms with Crippen LogP contribution in [0, 0.1) is 5.82 Å². The van der Waals surface area contributed by atoms with Gasteiger partial charge in [0.2, 0.25) is 5.91 Å². The number of carbonyl (C=O) groups is 1. The monoisotopic (exact) mass is 370 g/mol. The Morgan fingerprint density at radius 2 is 1.85 bits per heavy atom. The molecule has 27 heavy (non-hydrogen) atoms. The van der Waals surface area contributed by atoms with Crippen molar-refractivity contribution in [1.82, 2.24) is 10.2 Å². The first-order valence-electron chi connectivity index (χ1n) is 9.31. The number of ether oxygens (including phenoxy) is 2. The highest BCUT2D eigenvalue weighted by Crippen LogP contribution is 2.31. The van der Waals surface area contributed by atoms with Crippen molar-refractivity contribution in [2.45, 2.75) is 31.5 Å². The molecule has 142 valence electrons. The van der Waals surface area contributed by atoms with E-state index in [0.29, 0.717) is 37.1 Å². The highest BCUT2D eigenvalue weighted by Gasteiger charge is 2.31. The van der Waals surface area contributed by atoms with Crippen molar-refractivity contribution < 1.29 is 18.7 Å². The minimum Gasteiger partial charge on any atom is -0.486 e. The summed E-state index contributed by atoms with van der Waals surface area (Å²) in [6.45, 7) is 1.48. The fourth-order valence-electron chi connectivity index (χ4n) is 3.23. The van der Waals surface area contributed by atoms with Gasteiger partial charge in [-0.3, -0.25) is 9.69 Å². The van der Waals surface area contributed by atoms with E-state index < -0.39 is 0 Å². The molecule has 0 bridgehead atoms. The van der Waals surface area contributed by atoms with Gasteiger partial charge >= 0.3 is 0 Å². The summed E-state index contributed by atoms with van der Waals surface area (Å²) in [5.74, 6) is 1.11. The van der Waals surface area contributed by atoms with Gasteiger partial charge in [0.25, 0.3) is 0 Å². The fraction of sp³-hybridized carbons (Fsp3) is 0.381. The SMILES string of the molecule is O=C(CN(Cc1ccccc1F)C1CC1)NCC1COc2ccccc2O1. The molecule has 2 aliphatic rings. The maximum Gasteiger partial charge on any atom is 0.234 e. The van der Waals surface area contributed by atoms with E-state index in [0.717, 1.165) is 18.6 Å². The zero-order valence-electron chi connectivity index (χ0n) is 15.1. The molecule has 1 heterocycles. The number of halogens is 1. The number of nitrogens with zero attached hydrogens (tertiary/aromatic N) is 1. The van der Waals surface area contributed by atoms with Crippen LogP contribution in [0.2, 0.25) is 0 Å². The normalized spacial score (nSPS) is 18.4. The minimum absolute atomic E-state index is 0.0827. The molecule has 6 heteroatoms. The van der Waals surface area contributed by atoms with Crippen LogP contribution in [0.5, 0.6) is 11.5 Å². The molecular formula is C21H23FN2O3. The molecule has 1 aliphatic carbocycles. The molecule has 0 aromatic heterocycles. The van der Waals surface area contributed by atoms with Crippen molar-refractivity contribution in [2.75, 3.05) is 19.7 Å². The maximum absolute atomic E-state index is 13.9. The quantitative estimate of drug-likeness (QED) is 0.814. The predicted molar refractivity (Wildman–Crippen MR) is 99.2 cm³/mol. The number of nitrogens with one attached hydrogen (secondary N) is 1. The highest BCUT2D eigenvalue weighted by atomic mass is 19.1. The standard InChI is InChI=1S/C21H23FN2O3/c22-18-6-2-1-5-15(18)12-24(16-9-10-16)13-21(25)23-11-17-14-26-19-7-3-4-8-20(19)27-17/h1-8,16-17H,9-14H2,(H,23,25). The second-order valence-electron chi connectivity index (χ2n) is 7.03. The van der Waals surface area contributed by atoms with Gasteiger partial charge in [-0.25, -0.2) is 4.39 Å². The largest absolute Gasteiger partial charge is 0.486 e. The molecule has 1 atom stereocenters. The molecule has 0 radical (unpaired) electrons. The summed E-state index contributed by atoms with van der Waals surface area (Å²) in [7, 11) is 0. The van der Waals surface area contributed by atoms with Crippen LogP contribution in [-0.2, 0) is 11.3 Å². The number of rotatable bonds is 7. The van der Waals surface area contributed by atoms with Crippen LogP contribution in [0.25, 0.3) is 0 Å². The molecule has 4 rings (SSSR count). The number of hydrogen-bond acceptors (Lipinski definition) is 4. The second kappa shape index (κ2) is 7.96. The zero-order valence-corrected chi connectivity index (χ0v) is 15.1. The molecule has 1 saturated carbocycles. The zero-order chi connectivity index (χ0) is 18.6. The van der Waals surface area contributed by atoms with Crippen molar-refractivity contribution in [3.63, 3.8) is 0 Å². The first-order chi connectivity index (χ1) is 13.2. The van der Waals surface area contributed by atoms with Crippen LogP contribution in [0.4, 0.5) is 4.39 Å². The summed E-state index contributed by atoms with van der Waals surface area (Å²) in [6, 6.07) is 14.6. The fourth-order valence-corrected chi connectivity index (χ4v) is 3.23. The van der Waals surface area contributed by atoms with Crippen LogP contribution in [0.1, 0.15) is 18.4 Å². The van der Waals surface area contributed by atoms with Gasteiger partial charge in [0.1, 0.15) is 18.5 Å². The van der Waals surface area contributed by atoms with Crippen LogP contribution in [-0.4, -0.2) is 42.6 Å². The Labute approximate surface area is 158 Å². The number of fused-ring (bicyclic) bond motifs is 1. The van der Waals surface area contributed by atoms with Gasteiger partial charge in [-0.05, 0) is 31.0 Å². The number of amides is 1. The number of carbonyl (C=O) groups excluding carboxylic acids is 1. The van der Waals surface area contributed by atoms with E-state index in [1.807, 2.05) is 35.2 Å². The van der Waals surface area contributed by atoms with Crippen molar-refractivity contribution in [1.29, 1.82) is 0 Å². The van der Waals surface area contributed by atoms with E-state index in [2.05, 4.69) is 5.32 Å². The number of hydrogen-bond donors (Lipinski definition) is 1.